The molecule has 6 N–H and O–H groups in total. The molecule has 0 saturated heterocycles. The Hall–Kier alpha value is -2.49. The van der Waals surface area contributed by atoms with E-state index < -0.39 is 0 Å². The Balaban J connectivity index is 0.000000433. The van der Waals surface area contributed by atoms with Gasteiger partial charge in [0.15, 0.2) is 12.4 Å². The molecule has 0 aliphatic carbocycles. The summed E-state index contributed by atoms with van der Waals surface area (Å²) in [7, 11) is 0. The van der Waals surface area contributed by atoms with Crippen molar-refractivity contribution in [2.24, 2.45) is 21.5 Å². The highest BCUT2D eigenvalue weighted by Gasteiger charge is 1.92. The van der Waals surface area contributed by atoms with Crippen LogP contribution in [0.2, 0.25) is 5.02 Å². The number of alkyl halides is 1. The summed E-state index contributed by atoms with van der Waals surface area (Å²) in [6.45, 7) is 0.584. The van der Waals surface area contributed by atoms with Gasteiger partial charge in [0.2, 0.25) is 11.9 Å². The normalized spacial score (nSPS) is 10.5. The van der Waals surface area contributed by atoms with Crippen LogP contribution in [0.4, 0.5) is 5.69 Å². The van der Waals surface area contributed by atoms with E-state index in [0.717, 1.165) is 5.33 Å². The molecule has 0 aliphatic rings. The van der Waals surface area contributed by atoms with Crippen molar-refractivity contribution in [2.45, 2.75) is 0 Å². The van der Waals surface area contributed by atoms with Crippen molar-refractivity contribution in [3.8, 4) is 12.4 Å². The van der Waals surface area contributed by atoms with Crippen LogP contribution in [-0.4, -0.2) is 23.8 Å². The second-order valence-electron chi connectivity index (χ2n) is 3.41. The minimum atomic E-state index is 0.0461. The van der Waals surface area contributed by atoms with Gasteiger partial charge in [0.05, 0.1) is 12.2 Å². The molecule has 0 unspecified atom stereocenters. The maximum absolute atomic E-state index is 8.22. The predicted molar refractivity (Wildman–Crippen MR) is 90.5 cm³/mol. The van der Waals surface area contributed by atoms with Crippen LogP contribution < -0.4 is 22.1 Å². The largest absolute Gasteiger partial charge is 0.369 e. The summed E-state index contributed by atoms with van der Waals surface area (Å²) >= 11 is 8.87. The Morgan fingerprint density at radius 2 is 1.86 bits per heavy atom. The zero-order chi connectivity index (χ0) is 16.8. The number of rotatable bonds is 3. The number of halogens is 2. The van der Waals surface area contributed by atoms with Gasteiger partial charge in [-0.2, -0.15) is 10.5 Å². The number of guanidine groups is 2. The van der Waals surface area contributed by atoms with E-state index in [1.807, 2.05) is 0 Å². The van der Waals surface area contributed by atoms with Crippen molar-refractivity contribution in [1.29, 1.82) is 10.5 Å². The van der Waals surface area contributed by atoms with Gasteiger partial charge in [-0.3, -0.25) is 15.6 Å². The number of hydrogen-bond acceptors (Lipinski definition) is 4. The minimum absolute atomic E-state index is 0.0461. The first-order valence-electron chi connectivity index (χ1n) is 5.79. The lowest BCUT2D eigenvalue weighted by Crippen LogP contribution is -2.27. The quantitative estimate of drug-likeness (QED) is 0.201. The molecule has 0 aliphatic heterocycles. The van der Waals surface area contributed by atoms with E-state index in [0.29, 0.717) is 17.3 Å². The molecule has 0 fully saturated rings. The standard InChI is InChI=1S/C8H7ClN4.C4H7BrN4/c9-6-2-1-3-7(4-6)13-8(11)12-5-10;5-1-2-8-4(7)9-3-6/h1-4H,(H3,11,12,13);1-2H2,(H3,7,8,9). The Labute approximate surface area is 141 Å². The number of nitrogens with one attached hydrogen (secondary N) is 2. The molecule has 0 bridgehead atoms. The van der Waals surface area contributed by atoms with Gasteiger partial charge in [0.1, 0.15) is 0 Å². The summed E-state index contributed by atoms with van der Waals surface area (Å²) in [6.07, 6.45) is 3.32. The number of benzene rings is 1. The van der Waals surface area contributed by atoms with Gasteiger partial charge < -0.3 is 11.5 Å². The summed E-state index contributed by atoms with van der Waals surface area (Å²) in [5.41, 5.74) is 11.1. The SMILES string of the molecule is N#CNC(N)=NCCBr.N#CNC(N)=Nc1cccc(Cl)c1. The third-order valence-electron chi connectivity index (χ3n) is 1.79. The maximum atomic E-state index is 8.22. The second-order valence-corrected chi connectivity index (χ2v) is 4.64. The molecular formula is C12H14BrClN8. The van der Waals surface area contributed by atoms with E-state index in [9.17, 15) is 0 Å². The first-order valence-corrected chi connectivity index (χ1v) is 7.29. The average molecular weight is 386 g/mol. The lowest BCUT2D eigenvalue weighted by Gasteiger charge is -1.96. The number of aliphatic imine (C=N–C) groups is 2. The Kier molecular flexibility index (Phi) is 10.9. The molecule has 1 aromatic carbocycles. The summed E-state index contributed by atoms with van der Waals surface area (Å²) in [4.78, 5) is 7.63. The highest BCUT2D eigenvalue weighted by molar-refractivity contribution is 9.09. The zero-order valence-corrected chi connectivity index (χ0v) is 13.8. The van der Waals surface area contributed by atoms with Crippen molar-refractivity contribution >= 4 is 45.1 Å². The van der Waals surface area contributed by atoms with E-state index in [1.165, 1.54) is 0 Å². The summed E-state index contributed by atoms with van der Waals surface area (Å²) in [5.74, 6) is 0.210. The molecule has 22 heavy (non-hydrogen) atoms. The Morgan fingerprint density at radius 3 is 2.41 bits per heavy atom. The average Bonchev–Trinajstić information content (AvgIpc) is 2.46. The van der Waals surface area contributed by atoms with E-state index in [-0.39, 0.29) is 11.9 Å². The van der Waals surface area contributed by atoms with Crippen molar-refractivity contribution in [3.63, 3.8) is 0 Å². The first-order chi connectivity index (χ1) is 10.5. The second kappa shape index (κ2) is 12.3. The molecule has 0 aromatic heterocycles. The fourth-order valence-corrected chi connectivity index (χ4v) is 1.39. The van der Waals surface area contributed by atoms with E-state index in [1.54, 1.807) is 36.7 Å². The van der Waals surface area contributed by atoms with Gasteiger partial charge in [-0.25, -0.2) is 4.99 Å². The third-order valence-corrected chi connectivity index (χ3v) is 2.38. The van der Waals surface area contributed by atoms with Crippen molar-refractivity contribution in [3.05, 3.63) is 29.3 Å². The molecule has 0 atom stereocenters. The van der Waals surface area contributed by atoms with Crippen molar-refractivity contribution in [1.82, 2.24) is 10.6 Å². The number of nitrogens with two attached hydrogens (primary N) is 2. The highest BCUT2D eigenvalue weighted by Crippen LogP contribution is 2.17. The van der Waals surface area contributed by atoms with E-state index in [4.69, 9.17) is 33.6 Å². The van der Waals surface area contributed by atoms with Crippen LogP contribution in [0.25, 0.3) is 0 Å². The lowest BCUT2D eigenvalue weighted by molar-refractivity contribution is 1.10. The van der Waals surface area contributed by atoms with Crippen LogP contribution in [-0.2, 0) is 0 Å². The van der Waals surface area contributed by atoms with Gasteiger partial charge in [0.25, 0.3) is 0 Å². The smallest absolute Gasteiger partial charge is 0.207 e. The van der Waals surface area contributed by atoms with E-state index in [2.05, 4.69) is 36.5 Å². The lowest BCUT2D eigenvalue weighted by atomic mass is 10.3. The zero-order valence-electron chi connectivity index (χ0n) is 11.4. The maximum Gasteiger partial charge on any atom is 0.207 e. The number of hydrogen-bond donors (Lipinski definition) is 4. The highest BCUT2D eigenvalue weighted by atomic mass is 79.9. The summed E-state index contributed by atoms with van der Waals surface area (Å²) in [5, 5.41) is 21.9. The van der Waals surface area contributed by atoms with Crippen LogP contribution in [0.15, 0.2) is 34.3 Å². The van der Waals surface area contributed by atoms with Gasteiger partial charge in [-0.1, -0.05) is 33.6 Å². The van der Waals surface area contributed by atoms with Gasteiger partial charge >= 0.3 is 0 Å². The number of nitriles is 2. The summed E-state index contributed by atoms with van der Waals surface area (Å²) in [6, 6.07) is 6.86. The summed E-state index contributed by atoms with van der Waals surface area (Å²) < 4.78 is 0. The molecule has 116 valence electrons. The fourth-order valence-electron chi connectivity index (χ4n) is 1.03. The fraction of sp³-hybridized carbons (Fsp3) is 0.167. The molecule has 0 radical (unpaired) electrons. The van der Waals surface area contributed by atoms with E-state index >= 15 is 0 Å². The molecule has 1 rings (SSSR count). The molecular weight excluding hydrogens is 372 g/mol. The van der Waals surface area contributed by atoms with Crippen LogP contribution in [0.1, 0.15) is 0 Å². The Bertz CT molecular complexity index is 602. The topological polar surface area (TPSA) is 148 Å². The molecule has 0 heterocycles. The van der Waals surface area contributed by atoms with Crippen LogP contribution in [0.5, 0.6) is 0 Å². The van der Waals surface area contributed by atoms with Gasteiger partial charge in [0, 0.05) is 10.4 Å². The van der Waals surface area contributed by atoms with Crippen LogP contribution >= 0.6 is 27.5 Å². The van der Waals surface area contributed by atoms with Gasteiger partial charge in [-0.15, -0.1) is 0 Å². The predicted octanol–water partition coefficient (Wildman–Crippen LogP) is 1.12. The van der Waals surface area contributed by atoms with Crippen molar-refractivity contribution in [2.75, 3.05) is 11.9 Å². The van der Waals surface area contributed by atoms with Crippen LogP contribution in [0, 0.1) is 22.9 Å². The minimum Gasteiger partial charge on any atom is -0.369 e. The molecule has 10 heteroatoms. The monoisotopic (exact) mass is 384 g/mol. The third kappa shape index (κ3) is 10.3. The number of nitrogens with zero attached hydrogens (tertiary/aromatic N) is 4. The van der Waals surface area contributed by atoms with Crippen LogP contribution in [0.3, 0.4) is 0 Å². The molecule has 1 aromatic rings. The molecule has 0 saturated carbocycles. The first kappa shape index (κ1) is 19.5. The Morgan fingerprint density at radius 1 is 1.23 bits per heavy atom. The molecule has 0 amide bonds. The molecule has 8 nitrogen and oxygen atoms in total. The van der Waals surface area contributed by atoms with Crippen molar-refractivity contribution < 1.29 is 0 Å². The van der Waals surface area contributed by atoms with Gasteiger partial charge in [-0.05, 0) is 18.2 Å². The molecule has 0 spiro atoms.